The number of pyridine rings is 1. The first kappa shape index (κ1) is 13.5. The zero-order valence-electron chi connectivity index (χ0n) is 9.68. The highest BCUT2D eigenvalue weighted by atomic mass is 19.4. The van der Waals surface area contributed by atoms with Crippen LogP contribution in [0, 0.1) is 13.8 Å². The summed E-state index contributed by atoms with van der Waals surface area (Å²) in [7, 11) is 1.42. The third-order valence-corrected chi connectivity index (χ3v) is 2.39. The number of nitrogens with zero attached hydrogens (tertiary/aromatic N) is 1. The molecular weight excluding hydrogens is 235 g/mol. The van der Waals surface area contributed by atoms with Gasteiger partial charge in [0, 0.05) is 17.3 Å². The Morgan fingerprint density at radius 3 is 2.47 bits per heavy atom. The van der Waals surface area contributed by atoms with Crippen LogP contribution in [0.5, 0.6) is 5.75 Å². The monoisotopic (exact) mass is 247 g/mol. The molecule has 1 heterocycles. The second-order valence-electron chi connectivity index (χ2n) is 3.64. The van der Waals surface area contributed by atoms with Crippen LogP contribution < -0.4 is 4.74 Å². The van der Waals surface area contributed by atoms with Gasteiger partial charge in [-0.3, -0.25) is 9.78 Å². The number of aryl methyl sites for hydroxylation is 1. The summed E-state index contributed by atoms with van der Waals surface area (Å²) >= 11 is 0. The minimum Gasteiger partial charge on any atom is -0.496 e. The van der Waals surface area contributed by atoms with E-state index >= 15 is 0 Å². The molecule has 0 radical (unpaired) electrons. The van der Waals surface area contributed by atoms with Crippen LogP contribution in [0.2, 0.25) is 0 Å². The predicted molar refractivity (Wildman–Crippen MR) is 55.0 cm³/mol. The quantitative estimate of drug-likeness (QED) is 0.823. The Morgan fingerprint density at radius 2 is 2.00 bits per heavy atom. The van der Waals surface area contributed by atoms with Crippen molar-refractivity contribution in [2.75, 3.05) is 7.11 Å². The standard InChI is InChI=1S/C11H12F3NO2/c1-6-5-15-8(7(2)10(6)17-3)4-9(16)11(12,13)14/h5H,4H2,1-3H3. The Balaban J connectivity index is 3.05. The van der Waals surface area contributed by atoms with Gasteiger partial charge in [0.2, 0.25) is 5.78 Å². The van der Waals surface area contributed by atoms with Crippen molar-refractivity contribution in [1.82, 2.24) is 4.98 Å². The minimum atomic E-state index is -4.83. The molecule has 0 spiro atoms. The predicted octanol–water partition coefficient (Wildman–Crippen LogP) is 2.38. The molecule has 17 heavy (non-hydrogen) atoms. The number of ketones is 1. The van der Waals surface area contributed by atoms with E-state index in [0.717, 1.165) is 0 Å². The van der Waals surface area contributed by atoms with Gasteiger partial charge in [0.1, 0.15) is 5.75 Å². The molecule has 1 aromatic rings. The van der Waals surface area contributed by atoms with E-state index in [1.54, 1.807) is 13.8 Å². The topological polar surface area (TPSA) is 39.2 Å². The summed E-state index contributed by atoms with van der Waals surface area (Å²) in [5.41, 5.74) is 1.27. The van der Waals surface area contributed by atoms with Crippen molar-refractivity contribution in [3.63, 3.8) is 0 Å². The lowest BCUT2D eigenvalue weighted by atomic mass is 10.1. The van der Waals surface area contributed by atoms with E-state index in [4.69, 9.17) is 4.74 Å². The maximum absolute atomic E-state index is 12.1. The van der Waals surface area contributed by atoms with Gasteiger partial charge in [-0.2, -0.15) is 13.2 Å². The molecule has 0 aliphatic rings. The van der Waals surface area contributed by atoms with Crippen molar-refractivity contribution >= 4 is 5.78 Å². The molecule has 0 aliphatic heterocycles. The van der Waals surface area contributed by atoms with Gasteiger partial charge >= 0.3 is 6.18 Å². The molecule has 0 aromatic carbocycles. The molecule has 0 fully saturated rings. The second-order valence-corrected chi connectivity index (χ2v) is 3.64. The van der Waals surface area contributed by atoms with Gasteiger partial charge in [-0.05, 0) is 13.8 Å². The fourth-order valence-corrected chi connectivity index (χ4v) is 1.50. The number of hydrogen-bond acceptors (Lipinski definition) is 3. The van der Waals surface area contributed by atoms with Crippen LogP contribution in [0.4, 0.5) is 13.2 Å². The number of methoxy groups -OCH3 is 1. The van der Waals surface area contributed by atoms with Crippen molar-refractivity contribution in [2.45, 2.75) is 26.4 Å². The Bertz CT molecular complexity index is 441. The molecule has 1 rings (SSSR count). The van der Waals surface area contributed by atoms with Crippen molar-refractivity contribution in [3.8, 4) is 5.75 Å². The fraction of sp³-hybridized carbons (Fsp3) is 0.455. The number of ether oxygens (including phenoxy) is 1. The fourth-order valence-electron chi connectivity index (χ4n) is 1.50. The second kappa shape index (κ2) is 4.73. The third kappa shape index (κ3) is 2.95. The molecule has 0 atom stereocenters. The van der Waals surface area contributed by atoms with Crippen molar-refractivity contribution in [3.05, 3.63) is 23.0 Å². The molecular formula is C11H12F3NO2. The molecule has 94 valence electrons. The maximum atomic E-state index is 12.1. The largest absolute Gasteiger partial charge is 0.496 e. The number of hydrogen-bond donors (Lipinski definition) is 0. The van der Waals surface area contributed by atoms with E-state index in [1.165, 1.54) is 13.3 Å². The summed E-state index contributed by atoms with van der Waals surface area (Å²) in [5, 5.41) is 0. The van der Waals surface area contributed by atoms with E-state index in [0.29, 0.717) is 16.9 Å². The van der Waals surface area contributed by atoms with E-state index in [1.807, 2.05) is 0 Å². The molecule has 0 saturated carbocycles. The van der Waals surface area contributed by atoms with Crippen LogP contribution in [0.25, 0.3) is 0 Å². The Hall–Kier alpha value is -1.59. The zero-order chi connectivity index (χ0) is 13.2. The number of halogens is 3. The number of Topliss-reactive ketones (excluding diaryl/α,β-unsaturated/α-hetero) is 1. The molecule has 1 aromatic heterocycles. The lowest BCUT2D eigenvalue weighted by molar-refractivity contribution is -0.170. The first-order valence-corrected chi connectivity index (χ1v) is 4.86. The van der Waals surface area contributed by atoms with E-state index in [2.05, 4.69) is 4.98 Å². The molecule has 0 aliphatic carbocycles. The lowest BCUT2D eigenvalue weighted by Crippen LogP contribution is -2.25. The molecule has 0 bridgehead atoms. The Morgan fingerprint density at radius 1 is 1.41 bits per heavy atom. The Labute approximate surface area is 96.6 Å². The summed E-state index contributed by atoms with van der Waals surface area (Å²) in [4.78, 5) is 14.7. The number of aromatic nitrogens is 1. The average Bonchev–Trinajstić information content (AvgIpc) is 2.21. The number of alkyl halides is 3. The van der Waals surface area contributed by atoms with E-state index in [-0.39, 0.29) is 5.69 Å². The van der Waals surface area contributed by atoms with E-state index in [9.17, 15) is 18.0 Å². The minimum absolute atomic E-state index is 0.0924. The molecule has 0 unspecified atom stereocenters. The van der Waals surface area contributed by atoms with Crippen LogP contribution in [0.15, 0.2) is 6.20 Å². The number of carbonyl (C=O) groups excluding carboxylic acids is 1. The average molecular weight is 247 g/mol. The van der Waals surface area contributed by atoms with E-state index < -0.39 is 18.4 Å². The summed E-state index contributed by atoms with van der Waals surface area (Å²) < 4.78 is 41.4. The first-order chi connectivity index (χ1) is 7.77. The van der Waals surface area contributed by atoms with Crippen LogP contribution in [-0.2, 0) is 11.2 Å². The highest BCUT2D eigenvalue weighted by molar-refractivity contribution is 5.86. The van der Waals surface area contributed by atoms with Gasteiger partial charge in [-0.25, -0.2) is 0 Å². The Kier molecular flexibility index (Phi) is 3.75. The SMILES string of the molecule is COc1c(C)cnc(CC(=O)C(F)(F)F)c1C. The normalized spacial score (nSPS) is 11.4. The zero-order valence-corrected chi connectivity index (χ0v) is 9.68. The lowest BCUT2D eigenvalue weighted by Gasteiger charge is -2.12. The van der Waals surface area contributed by atoms with Crippen molar-refractivity contribution in [1.29, 1.82) is 0 Å². The highest BCUT2D eigenvalue weighted by Gasteiger charge is 2.38. The molecule has 0 amide bonds. The molecule has 0 saturated heterocycles. The summed E-state index contributed by atoms with van der Waals surface area (Å²) in [6, 6.07) is 0. The number of rotatable bonds is 3. The van der Waals surface area contributed by atoms with Crippen molar-refractivity contribution in [2.24, 2.45) is 0 Å². The maximum Gasteiger partial charge on any atom is 0.450 e. The molecule has 3 nitrogen and oxygen atoms in total. The van der Waals surface area contributed by atoms with Crippen LogP contribution in [-0.4, -0.2) is 24.1 Å². The molecule has 6 heteroatoms. The first-order valence-electron chi connectivity index (χ1n) is 4.86. The third-order valence-electron chi connectivity index (χ3n) is 2.39. The van der Waals surface area contributed by atoms with Crippen LogP contribution in [0.3, 0.4) is 0 Å². The molecule has 0 N–H and O–H groups in total. The smallest absolute Gasteiger partial charge is 0.450 e. The van der Waals surface area contributed by atoms with Crippen LogP contribution in [0.1, 0.15) is 16.8 Å². The van der Waals surface area contributed by atoms with Gasteiger partial charge in [-0.15, -0.1) is 0 Å². The van der Waals surface area contributed by atoms with Gasteiger partial charge in [0.15, 0.2) is 0 Å². The van der Waals surface area contributed by atoms with Gasteiger partial charge in [0.05, 0.1) is 19.2 Å². The summed E-state index contributed by atoms with van der Waals surface area (Å²) in [6.07, 6.45) is -4.19. The van der Waals surface area contributed by atoms with Crippen molar-refractivity contribution < 1.29 is 22.7 Å². The van der Waals surface area contributed by atoms with Crippen LogP contribution >= 0.6 is 0 Å². The summed E-state index contributed by atoms with van der Waals surface area (Å²) in [5.74, 6) is -1.34. The number of carbonyl (C=O) groups is 1. The van der Waals surface area contributed by atoms with Gasteiger partial charge in [0.25, 0.3) is 0 Å². The van der Waals surface area contributed by atoms with Gasteiger partial charge < -0.3 is 4.74 Å². The van der Waals surface area contributed by atoms with Gasteiger partial charge in [-0.1, -0.05) is 0 Å². The highest BCUT2D eigenvalue weighted by Crippen LogP contribution is 2.26. The summed E-state index contributed by atoms with van der Waals surface area (Å²) in [6.45, 7) is 3.31.